The molecule has 0 saturated carbocycles. The summed E-state index contributed by atoms with van der Waals surface area (Å²) in [6.45, 7) is 0. The van der Waals surface area contributed by atoms with Crippen molar-refractivity contribution in [3.05, 3.63) is 0 Å². The number of carbonyl (C=O) groups is 2. The molecule has 0 rings (SSSR count). The number of carboxylic acids is 2. The summed E-state index contributed by atoms with van der Waals surface area (Å²) in [7, 11) is -5.17. The number of carboxylic acid groups (broad SMARTS) is 2. The zero-order valence-electron chi connectivity index (χ0n) is 6.65. The largest absolute Gasteiger partial charge is 0.481 e. The Kier molecular flexibility index (Phi) is 3.74. The zero-order chi connectivity index (χ0) is 11.6. The van der Waals surface area contributed by atoms with Crippen molar-refractivity contribution < 1.29 is 38.7 Å². The van der Waals surface area contributed by atoms with Crippen LogP contribution in [0.5, 0.6) is 0 Å². The van der Waals surface area contributed by atoms with Crippen molar-refractivity contribution in [1.82, 2.24) is 0 Å². The van der Waals surface area contributed by atoms with Gasteiger partial charge in [-0.3, -0.25) is 15.1 Å². The first-order chi connectivity index (χ1) is 6.07. The number of hydrogen-bond acceptors (Lipinski definition) is 5. The third-order valence-corrected chi connectivity index (χ3v) is 1.62. The van der Waals surface area contributed by atoms with Gasteiger partial charge in [0.2, 0.25) is 5.72 Å². The van der Waals surface area contributed by atoms with Crippen LogP contribution in [0.1, 0.15) is 6.42 Å². The third kappa shape index (κ3) is 4.30. The van der Waals surface area contributed by atoms with Gasteiger partial charge in [0.15, 0.2) is 0 Å². The van der Waals surface area contributed by atoms with Gasteiger partial charge in [0.25, 0.3) is 0 Å². The molecular weight excluding hydrogens is 221 g/mol. The third-order valence-electron chi connectivity index (χ3n) is 1.06. The number of phosphoric acid groups is 1. The van der Waals surface area contributed by atoms with E-state index in [1.54, 1.807) is 0 Å². The molecule has 0 aliphatic rings. The van der Waals surface area contributed by atoms with E-state index in [1.165, 1.54) is 0 Å². The normalized spacial score (nSPS) is 15.9. The number of aliphatic carboxylic acids is 2. The van der Waals surface area contributed by atoms with Gasteiger partial charge in [-0.25, -0.2) is 9.36 Å². The lowest BCUT2D eigenvalue weighted by Gasteiger charge is -2.22. The van der Waals surface area contributed by atoms with E-state index in [1.807, 2.05) is 0 Å². The maximum atomic E-state index is 10.4. The second-order valence-electron chi connectivity index (χ2n) is 2.35. The first-order valence-corrected chi connectivity index (χ1v) is 4.60. The van der Waals surface area contributed by atoms with E-state index >= 15 is 0 Å². The monoisotopic (exact) mass is 229 g/mol. The van der Waals surface area contributed by atoms with Crippen molar-refractivity contribution in [2.24, 2.45) is 5.73 Å². The molecule has 0 aromatic rings. The predicted molar refractivity (Wildman–Crippen MR) is 39.9 cm³/mol. The maximum absolute atomic E-state index is 10.4. The molecule has 1 atom stereocenters. The van der Waals surface area contributed by atoms with Gasteiger partial charge < -0.3 is 20.0 Å². The fraction of sp³-hybridized carbons (Fsp3) is 0.500. The Hall–Kier alpha value is -0.990. The van der Waals surface area contributed by atoms with Gasteiger partial charge in [-0.2, -0.15) is 0 Å². The molecule has 0 aliphatic carbocycles. The van der Waals surface area contributed by atoms with E-state index in [0.29, 0.717) is 0 Å². The molecule has 10 heteroatoms. The standard InChI is InChI=1S/C4H8NO8P/c5-4(3(8)9,1-2(6)7)13-14(10,11)12/h1,5H2,(H,6,7)(H,8,9)(H2,10,11,12). The van der Waals surface area contributed by atoms with Crippen molar-refractivity contribution in [2.75, 3.05) is 0 Å². The van der Waals surface area contributed by atoms with E-state index < -0.39 is 31.9 Å². The Labute approximate surface area is 77.3 Å². The van der Waals surface area contributed by atoms with Gasteiger partial charge in [0.05, 0.1) is 6.42 Å². The molecule has 14 heavy (non-hydrogen) atoms. The van der Waals surface area contributed by atoms with Gasteiger partial charge in [0, 0.05) is 0 Å². The maximum Gasteiger partial charge on any atom is 0.471 e. The molecule has 82 valence electrons. The van der Waals surface area contributed by atoms with Gasteiger partial charge in [-0.15, -0.1) is 0 Å². The van der Waals surface area contributed by atoms with Crippen LogP contribution >= 0.6 is 7.82 Å². The van der Waals surface area contributed by atoms with Crippen molar-refractivity contribution >= 4 is 19.8 Å². The SMILES string of the molecule is NC(CC(=O)O)(OP(=O)(O)O)C(=O)O. The molecule has 0 radical (unpaired) electrons. The molecule has 0 amide bonds. The Morgan fingerprint density at radius 3 is 2.00 bits per heavy atom. The molecule has 0 spiro atoms. The number of rotatable bonds is 5. The molecule has 0 aromatic carbocycles. The minimum absolute atomic E-state index is 1.27. The van der Waals surface area contributed by atoms with Crippen molar-refractivity contribution in [3.8, 4) is 0 Å². The summed E-state index contributed by atoms with van der Waals surface area (Å²) < 4.78 is 13.9. The molecule has 6 N–H and O–H groups in total. The van der Waals surface area contributed by atoms with Crippen LogP contribution in [0, 0.1) is 0 Å². The van der Waals surface area contributed by atoms with Crippen LogP contribution in [0.4, 0.5) is 0 Å². The van der Waals surface area contributed by atoms with Gasteiger partial charge >= 0.3 is 19.8 Å². The quantitative estimate of drug-likeness (QED) is 0.272. The van der Waals surface area contributed by atoms with Crippen LogP contribution in [0.3, 0.4) is 0 Å². The lowest BCUT2D eigenvalue weighted by Crippen LogP contribution is -2.51. The van der Waals surface area contributed by atoms with Gasteiger partial charge in [-0.1, -0.05) is 0 Å². The Morgan fingerprint density at radius 1 is 1.36 bits per heavy atom. The van der Waals surface area contributed by atoms with Crippen molar-refractivity contribution in [2.45, 2.75) is 12.1 Å². The number of nitrogens with two attached hydrogens (primary N) is 1. The summed E-state index contributed by atoms with van der Waals surface area (Å²) in [5.41, 5.74) is 1.89. The van der Waals surface area contributed by atoms with E-state index in [0.717, 1.165) is 0 Å². The first-order valence-electron chi connectivity index (χ1n) is 3.07. The lowest BCUT2D eigenvalue weighted by molar-refractivity contribution is -0.163. The highest BCUT2D eigenvalue weighted by atomic mass is 31.2. The topological polar surface area (TPSA) is 167 Å². The van der Waals surface area contributed by atoms with E-state index in [9.17, 15) is 14.2 Å². The van der Waals surface area contributed by atoms with Crippen LogP contribution in [0.15, 0.2) is 0 Å². The van der Waals surface area contributed by atoms with Crippen LogP contribution in [-0.4, -0.2) is 37.7 Å². The minimum Gasteiger partial charge on any atom is -0.481 e. The summed E-state index contributed by atoms with van der Waals surface area (Å²) in [4.78, 5) is 37.0. The minimum atomic E-state index is -5.17. The van der Waals surface area contributed by atoms with Crippen LogP contribution in [-0.2, 0) is 18.7 Å². The fourth-order valence-corrected chi connectivity index (χ4v) is 1.15. The molecule has 0 saturated heterocycles. The smallest absolute Gasteiger partial charge is 0.471 e. The van der Waals surface area contributed by atoms with E-state index in [2.05, 4.69) is 4.52 Å². The molecule has 0 aliphatic heterocycles. The Morgan fingerprint density at radius 2 is 1.79 bits per heavy atom. The molecule has 0 aromatic heterocycles. The Bertz CT molecular complexity index is 296. The van der Waals surface area contributed by atoms with E-state index in [-0.39, 0.29) is 0 Å². The van der Waals surface area contributed by atoms with Crippen LogP contribution < -0.4 is 5.73 Å². The highest BCUT2D eigenvalue weighted by molar-refractivity contribution is 7.46. The highest BCUT2D eigenvalue weighted by Gasteiger charge is 2.43. The molecule has 0 bridgehead atoms. The van der Waals surface area contributed by atoms with Crippen molar-refractivity contribution in [3.63, 3.8) is 0 Å². The highest BCUT2D eigenvalue weighted by Crippen LogP contribution is 2.40. The number of hydrogen-bond donors (Lipinski definition) is 5. The van der Waals surface area contributed by atoms with Crippen molar-refractivity contribution in [1.29, 1.82) is 0 Å². The Balaban J connectivity index is 4.83. The summed E-state index contributed by atoms with van der Waals surface area (Å²) in [5, 5.41) is 16.6. The summed E-state index contributed by atoms with van der Waals surface area (Å²) >= 11 is 0. The molecule has 0 heterocycles. The molecule has 0 fully saturated rings. The van der Waals surface area contributed by atoms with E-state index in [4.69, 9.17) is 25.7 Å². The van der Waals surface area contributed by atoms with Gasteiger partial charge in [0.1, 0.15) is 0 Å². The molecular formula is C4H8NO8P. The summed E-state index contributed by atoms with van der Waals surface area (Å²) in [6.07, 6.45) is -1.27. The number of phosphoric ester groups is 1. The second-order valence-corrected chi connectivity index (χ2v) is 3.51. The molecule has 1 unspecified atom stereocenters. The summed E-state index contributed by atoms with van der Waals surface area (Å²) in [5.74, 6) is -3.65. The average Bonchev–Trinajstić information content (AvgIpc) is 1.79. The lowest BCUT2D eigenvalue weighted by atomic mass is 10.2. The summed E-state index contributed by atoms with van der Waals surface area (Å²) in [6, 6.07) is 0. The fourth-order valence-electron chi connectivity index (χ4n) is 0.584. The van der Waals surface area contributed by atoms with Crippen LogP contribution in [0.25, 0.3) is 0 Å². The predicted octanol–water partition coefficient (Wildman–Crippen LogP) is -1.69. The van der Waals surface area contributed by atoms with Gasteiger partial charge in [-0.05, 0) is 0 Å². The average molecular weight is 229 g/mol. The zero-order valence-corrected chi connectivity index (χ0v) is 7.55. The first kappa shape index (κ1) is 13.0. The van der Waals surface area contributed by atoms with Crippen LogP contribution in [0.2, 0.25) is 0 Å². The molecule has 9 nitrogen and oxygen atoms in total. The second kappa shape index (κ2) is 4.03.